The summed E-state index contributed by atoms with van der Waals surface area (Å²) < 4.78 is 1.66. The largest absolute Gasteiger partial charge is 0.391 e. The molecule has 5 rings (SSSR count). The SMILES string of the molecule is Cc1nc2ccc(CCC(=O)N3C[C@@H](O)C[C@@](C)(O)[C@H](n4cnc5c(N)nc(N)nc54)C3)cc2[nH]1. The molecule has 4 aromatic rings. The predicted octanol–water partition coefficient (Wildman–Crippen LogP) is 0.694. The van der Waals surface area contributed by atoms with Gasteiger partial charge in [0.15, 0.2) is 11.5 Å². The molecule has 0 saturated carbocycles. The number of amides is 1. The van der Waals surface area contributed by atoms with Crippen molar-refractivity contribution >= 4 is 39.9 Å². The van der Waals surface area contributed by atoms with Crippen LogP contribution in [-0.4, -0.2) is 75.3 Å². The Bertz CT molecular complexity index is 1410. The second-order valence-electron chi connectivity index (χ2n) is 9.49. The van der Waals surface area contributed by atoms with Crippen LogP contribution in [0.5, 0.6) is 0 Å². The summed E-state index contributed by atoms with van der Waals surface area (Å²) in [5, 5.41) is 21.9. The van der Waals surface area contributed by atoms with Gasteiger partial charge in [-0.05, 0) is 38.0 Å². The molecule has 1 saturated heterocycles. The number of benzene rings is 1. The number of nitrogens with one attached hydrogen (secondary N) is 1. The maximum Gasteiger partial charge on any atom is 0.224 e. The Morgan fingerprint density at radius 3 is 2.86 bits per heavy atom. The van der Waals surface area contributed by atoms with Crippen molar-refractivity contribution < 1.29 is 15.0 Å². The first-order chi connectivity index (χ1) is 16.6. The van der Waals surface area contributed by atoms with Crippen LogP contribution >= 0.6 is 0 Å². The molecule has 1 aliphatic heterocycles. The molecule has 0 aliphatic carbocycles. The van der Waals surface area contributed by atoms with Gasteiger partial charge in [0.2, 0.25) is 11.9 Å². The topological polar surface area (TPSA) is 185 Å². The number of aliphatic hydroxyl groups excluding tert-OH is 1. The summed E-state index contributed by atoms with van der Waals surface area (Å²) in [6, 6.07) is 5.27. The van der Waals surface area contributed by atoms with Gasteiger partial charge in [-0.1, -0.05) is 6.07 Å². The number of aromatic nitrogens is 6. The zero-order valence-corrected chi connectivity index (χ0v) is 19.6. The molecule has 0 radical (unpaired) electrons. The van der Waals surface area contributed by atoms with Crippen molar-refractivity contribution in [1.82, 2.24) is 34.4 Å². The first-order valence-corrected chi connectivity index (χ1v) is 11.5. The third-order valence-electron chi connectivity index (χ3n) is 6.64. The van der Waals surface area contributed by atoms with Gasteiger partial charge < -0.3 is 36.1 Å². The fourth-order valence-corrected chi connectivity index (χ4v) is 4.94. The van der Waals surface area contributed by atoms with E-state index in [2.05, 4.69) is 24.9 Å². The van der Waals surface area contributed by atoms with Crippen molar-refractivity contribution in [2.45, 2.75) is 50.9 Å². The van der Waals surface area contributed by atoms with Gasteiger partial charge in [0.05, 0.1) is 35.1 Å². The van der Waals surface area contributed by atoms with Crippen LogP contribution in [0.15, 0.2) is 24.5 Å². The van der Waals surface area contributed by atoms with Gasteiger partial charge in [0.1, 0.15) is 11.3 Å². The first kappa shape index (κ1) is 23.0. The number of β-amino-alcohol motifs (C(OH)–C–C–N with tert-alkyl or cyclic N) is 1. The Labute approximate surface area is 201 Å². The molecule has 1 amide bonds. The Balaban J connectivity index is 1.39. The lowest BCUT2D eigenvalue weighted by molar-refractivity contribution is -0.132. The summed E-state index contributed by atoms with van der Waals surface area (Å²) in [6.07, 6.45) is 1.49. The molecule has 0 unspecified atom stereocenters. The van der Waals surface area contributed by atoms with Crippen LogP contribution in [0.1, 0.15) is 37.2 Å². The number of carbonyl (C=O) groups is 1. The maximum atomic E-state index is 13.3. The number of aliphatic hydroxyl groups is 2. The number of hydrogen-bond acceptors (Lipinski definition) is 9. The number of aryl methyl sites for hydroxylation is 2. The molecule has 1 aliphatic rings. The Morgan fingerprint density at radius 2 is 2.06 bits per heavy atom. The fourth-order valence-electron chi connectivity index (χ4n) is 4.94. The van der Waals surface area contributed by atoms with Crippen molar-refractivity contribution in [1.29, 1.82) is 0 Å². The van der Waals surface area contributed by atoms with E-state index in [9.17, 15) is 15.0 Å². The Kier molecular flexibility index (Phi) is 5.56. The third kappa shape index (κ3) is 4.37. The van der Waals surface area contributed by atoms with Gasteiger partial charge >= 0.3 is 0 Å². The second kappa shape index (κ2) is 8.47. The number of hydrogen-bond donors (Lipinski definition) is 5. The average Bonchev–Trinajstić information content (AvgIpc) is 3.33. The number of aromatic amines is 1. The summed E-state index contributed by atoms with van der Waals surface area (Å²) in [6.45, 7) is 3.82. The van der Waals surface area contributed by atoms with Gasteiger partial charge in [0, 0.05) is 25.9 Å². The number of anilines is 2. The highest BCUT2D eigenvalue weighted by Gasteiger charge is 2.42. The summed E-state index contributed by atoms with van der Waals surface area (Å²) in [7, 11) is 0. The zero-order chi connectivity index (χ0) is 24.9. The lowest BCUT2D eigenvalue weighted by atomic mass is 9.91. The summed E-state index contributed by atoms with van der Waals surface area (Å²) in [5.74, 6) is 0.843. The quantitative estimate of drug-likeness (QED) is 0.281. The minimum Gasteiger partial charge on any atom is -0.391 e. The number of H-pyrrole nitrogens is 1. The number of nitrogen functional groups attached to an aromatic ring is 2. The van der Waals surface area contributed by atoms with Crippen LogP contribution in [0.3, 0.4) is 0 Å². The molecule has 12 nitrogen and oxygen atoms in total. The lowest BCUT2D eigenvalue weighted by Crippen LogP contribution is -2.42. The maximum absolute atomic E-state index is 13.3. The highest BCUT2D eigenvalue weighted by atomic mass is 16.3. The zero-order valence-electron chi connectivity index (χ0n) is 19.6. The number of rotatable bonds is 4. The highest BCUT2D eigenvalue weighted by molar-refractivity contribution is 5.83. The standard InChI is InChI=1S/C23H29N9O3/c1-12-27-15-5-3-13(7-16(15)28-12)4-6-18(34)31-9-14(33)8-23(2,35)17(10-31)32-11-26-19-20(24)29-22(25)30-21(19)32/h3,5,7,11,14,17,33,35H,4,6,8-10H2,1-2H3,(H,27,28)(H4,24,25,29,30)/t14-,17+,23+/m0/s1. The monoisotopic (exact) mass is 479 g/mol. The first-order valence-electron chi connectivity index (χ1n) is 11.5. The normalized spacial score (nSPS) is 23.1. The molecule has 4 heterocycles. The molecule has 184 valence electrons. The number of imidazole rings is 2. The summed E-state index contributed by atoms with van der Waals surface area (Å²) in [4.78, 5) is 35.0. The Hall–Kier alpha value is -3.77. The average molecular weight is 480 g/mol. The minimum atomic E-state index is -1.35. The van der Waals surface area contributed by atoms with Crippen LogP contribution in [0.4, 0.5) is 11.8 Å². The van der Waals surface area contributed by atoms with E-state index in [1.54, 1.807) is 16.4 Å². The number of likely N-dealkylation sites (tertiary alicyclic amines) is 1. The van der Waals surface area contributed by atoms with Crippen molar-refractivity contribution in [2.75, 3.05) is 24.6 Å². The smallest absolute Gasteiger partial charge is 0.224 e. The molecular weight excluding hydrogens is 450 g/mol. The van der Waals surface area contributed by atoms with Gasteiger partial charge in [0.25, 0.3) is 0 Å². The predicted molar refractivity (Wildman–Crippen MR) is 130 cm³/mol. The number of fused-ring (bicyclic) bond motifs is 2. The van der Waals surface area contributed by atoms with Gasteiger partial charge in [-0.15, -0.1) is 0 Å². The van der Waals surface area contributed by atoms with Crippen LogP contribution in [0.25, 0.3) is 22.2 Å². The van der Waals surface area contributed by atoms with E-state index in [4.69, 9.17) is 11.5 Å². The molecular formula is C23H29N9O3. The Morgan fingerprint density at radius 1 is 1.26 bits per heavy atom. The van der Waals surface area contributed by atoms with Crippen molar-refractivity contribution in [3.05, 3.63) is 35.9 Å². The van der Waals surface area contributed by atoms with Crippen LogP contribution in [0.2, 0.25) is 0 Å². The van der Waals surface area contributed by atoms with E-state index in [1.165, 1.54) is 6.33 Å². The molecule has 0 bridgehead atoms. The minimum absolute atomic E-state index is 0.0117. The fraction of sp³-hybridized carbons (Fsp3) is 0.435. The van der Waals surface area contributed by atoms with Gasteiger partial charge in [-0.3, -0.25) is 4.79 Å². The van der Waals surface area contributed by atoms with Crippen molar-refractivity contribution in [3.63, 3.8) is 0 Å². The van der Waals surface area contributed by atoms with Gasteiger partial charge in [-0.2, -0.15) is 9.97 Å². The lowest BCUT2D eigenvalue weighted by Gasteiger charge is -2.34. The van der Waals surface area contributed by atoms with E-state index in [1.807, 2.05) is 25.1 Å². The van der Waals surface area contributed by atoms with Crippen molar-refractivity contribution in [2.24, 2.45) is 0 Å². The summed E-state index contributed by atoms with van der Waals surface area (Å²) in [5.41, 5.74) is 14.0. The van der Waals surface area contributed by atoms with Crippen molar-refractivity contribution in [3.8, 4) is 0 Å². The van der Waals surface area contributed by atoms with Crippen LogP contribution in [-0.2, 0) is 11.2 Å². The van der Waals surface area contributed by atoms with Gasteiger partial charge in [-0.25, -0.2) is 9.97 Å². The van der Waals surface area contributed by atoms with E-state index >= 15 is 0 Å². The van der Waals surface area contributed by atoms with E-state index in [-0.39, 0.29) is 43.6 Å². The van der Waals surface area contributed by atoms with Crippen LogP contribution in [0, 0.1) is 6.92 Å². The molecule has 3 aromatic heterocycles. The molecule has 1 fully saturated rings. The number of nitrogens with two attached hydrogens (primary N) is 2. The second-order valence-corrected chi connectivity index (χ2v) is 9.49. The molecule has 3 atom stereocenters. The van der Waals surface area contributed by atoms with E-state index in [0.29, 0.717) is 17.6 Å². The number of nitrogens with zero attached hydrogens (tertiary/aromatic N) is 6. The molecule has 35 heavy (non-hydrogen) atoms. The summed E-state index contributed by atoms with van der Waals surface area (Å²) >= 11 is 0. The van der Waals surface area contributed by atoms with E-state index in [0.717, 1.165) is 22.4 Å². The molecule has 1 aromatic carbocycles. The number of carbonyl (C=O) groups excluding carboxylic acids is 1. The molecule has 0 spiro atoms. The highest BCUT2D eigenvalue weighted by Crippen LogP contribution is 2.34. The molecule has 7 N–H and O–H groups in total. The van der Waals surface area contributed by atoms with E-state index < -0.39 is 17.7 Å². The third-order valence-corrected chi connectivity index (χ3v) is 6.64. The van der Waals surface area contributed by atoms with Crippen LogP contribution < -0.4 is 11.5 Å². The molecule has 12 heteroatoms.